The van der Waals surface area contributed by atoms with E-state index < -0.39 is 12.1 Å². The number of aldehydes is 1. The number of ether oxygens (including phenoxy) is 3. The Bertz CT molecular complexity index is 456. The Morgan fingerprint density at radius 3 is 2.50 bits per heavy atom. The molecule has 0 bridgehead atoms. The van der Waals surface area contributed by atoms with Gasteiger partial charge in [0, 0.05) is 5.56 Å². The van der Waals surface area contributed by atoms with Gasteiger partial charge in [0.15, 0.2) is 17.6 Å². The van der Waals surface area contributed by atoms with Crippen LogP contribution in [0.15, 0.2) is 18.2 Å². The maximum Gasteiger partial charge on any atom is 0.347 e. The highest BCUT2D eigenvalue weighted by Gasteiger charge is 2.21. The summed E-state index contributed by atoms with van der Waals surface area (Å²) in [7, 11) is 0. The van der Waals surface area contributed by atoms with Crippen molar-refractivity contribution in [1.82, 2.24) is 0 Å². The van der Waals surface area contributed by atoms with Crippen LogP contribution in [0.5, 0.6) is 11.5 Å². The predicted octanol–water partition coefficient (Wildman–Crippen LogP) is 2.62. The minimum atomic E-state index is -0.684. The third kappa shape index (κ3) is 4.26. The number of benzene rings is 1. The predicted molar refractivity (Wildman–Crippen MR) is 74.3 cm³/mol. The molecule has 0 aliphatic rings. The molecule has 20 heavy (non-hydrogen) atoms. The van der Waals surface area contributed by atoms with Gasteiger partial charge in [0.25, 0.3) is 0 Å². The SMILES string of the molecule is CCOC(=O)C(CC)Oc1ccc(C=O)cc1OCC. The number of carbonyl (C=O) groups is 2. The third-order valence-electron chi connectivity index (χ3n) is 2.59. The second-order valence-corrected chi connectivity index (χ2v) is 4.02. The topological polar surface area (TPSA) is 61.8 Å². The first-order valence-corrected chi connectivity index (χ1v) is 6.71. The van der Waals surface area contributed by atoms with Crippen LogP contribution in [0.1, 0.15) is 37.6 Å². The zero-order valence-electron chi connectivity index (χ0n) is 12.0. The van der Waals surface area contributed by atoms with Crippen molar-refractivity contribution in [3.05, 3.63) is 23.8 Å². The van der Waals surface area contributed by atoms with Crippen LogP contribution in [-0.2, 0) is 9.53 Å². The fraction of sp³-hybridized carbons (Fsp3) is 0.467. The van der Waals surface area contributed by atoms with Crippen LogP contribution >= 0.6 is 0 Å². The van der Waals surface area contributed by atoms with Gasteiger partial charge in [-0.1, -0.05) is 6.92 Å². The third-order valence-corrected chi connectivity index (χ3v) is 2.59. The lowest BCUT2D eigenvalue weighted by molar-refractivity contribution is -0.151. The van der Waals surface area contributed by atoms with Crippen LogP contribution in [0.4, 0.5) is 0 Å². The molecule has 0 saturated carbocycles. The van der Waals surface area contributed by atoms with Crippen LogP contribution in [-0.4, -0.2) is 31.6 Å². The van der Waals surface area contributed by atoms with Crippen molar-refractivity contribution in [3.63, 3.8) is 0 Å². The Kier molecular flexibility index (Phi) is 6.56. The van der Waals surface area contributed by atoms with E-state index in [1.165, 1.54) is 0 Å². The summed E-state index contributed by atoms with van der Waals surface area (Å²) in [4.78, 5) is 22.5. The minimum Gasteiger partial charge on any atom is -0.490 e. The van der Waals surface area contributed by atoms with E-state index in [-0.39, 0.29) is 0 Å². The molecule has 1 atom stereocenters. The van der Waals surface area contributed by atoms with Crippen molar-refractivity contribution in [2.24, 2.45) is 0 Å². The Morgan fingerprint density at radius 1 is 1.20 bits per heavy atom. The van der Waals surface area contributed by atoms with E-state index in [1.54, 1.807) is 25.1 Å². The highest BCUT2D eigenvalue weighted by molar-refractivity contribution is 5.77. The second-order valence-electron chi connectivity index (χ2n) is 4.02. The van der Waals surface area contributed by atoms with E-state index in [4.69, 9.17) is 14.2 Å². The molecule has 5 nitrogen and oxygen atoms in total. The average Bonchev–Trinajstić information content (AvgIpc) is 2.46. The van der Waals surface area contributed by atoms with Crippen LogP contribution in [0, 0.1) is 0 Å². The molecule has 1 unspecified atom stereocenters. The summed E-state index contributed by atoms with van der Waals surface area (Å²) in [6.07, 6.45) is 0.533. The summed E-state index contributed by atoms with van der Waals surface area (Å²) in [5.74, 6) is 0.467. The second kappa shape index (κ2) is 8.19. The Morgan fingerprint density at radius 2 is 1.95 bits per heavy atom. The lowest BCUT2D eigenvalue weighted by atomic mass is 10.2. The molecular formula is C15H20O5. The molecule has 1 aromatic carbocycles. The number of carbonyl (C=O) groups excluding carboxylic acids is 2. The molecule has 1 aromatic rings. The molecule has 0 amide bonds. The molecule has 1 rings (SSSR count). The van der Waals surface area contributed by atoms with Crippen molar-refractivity contribution < 1.29 is 23.8 Å². The molecule has 0 aliphatic heterocycles. The molecule has 0 saturated heterocycles. The summed E-state index contributed by atoms with van der Waals surface area (Å²) in [5.41, 5.74) is 0.491. The van der Waals surface area contributed by atoms with Crippen LogP contribution in [0.25, 0.3) is 0 Å². The lowest BCUT2D eigenvalue weighted by Gasteiger charge is -2.18. The van der Waals surface area contributed by atoms with Gasteiger partial charge >= 0.3 is 5.97 Å². The lowest BCUT2D eigenvalue weighted by Crippen LogP contribution is -2.28. The van der Waals surface area contributed by atoms with Crippen LogP contribution in [0.2, 0.25) is 0 Å². The van der Waals surface area contributed by atoms with Gasteiger partial charge in [-0.25, -0.2) is 4.79 Å². The summed E-state index contributed by atoms with van der Waals surface area (Å²) in [6, 6.07) is 4.82. The Balaban J connectivity index is 2.93. The molecule has 0 heterocycles. The van der Waals surface area contributed by atoms with E-state index in [0.717, 1.165) is 6.29 Å². The molecule has 110 valence electrons. The maximum atomic E-state index is 11.7. The number of hydrogen-bond acceptors (Lipinski definition) is 5. The van der Waals surface area contributed by atoms with E-state index in [1.807, 2.05) is 13.8 Å². The molecule has 0 fully saturated rings. The smallest absolute Gasteiger partial charge is 0.347 e. The highest BCUT2D eigenvalue weighted by Crippen LogP contribution is 2.29. The minimum absolute atomic E-state index is 0.307. The number of esters is 1. The van der Waals surface area contributed by atoms with Gasteiger partial charge < -0.3 is 14.2 Å². The van der Waals surface area contributed by atoms with Crippen molar-refractivity contribution in [3.8, 4) is 11.5 Å². The molecule has 5 heteroatoms. The zero-order valence-corrected chi connectivity index (χ0v) is 12.0. The fourth-order valence-electron chi connectivity index (χ4n) is 1.65. The van der Waals surface area contributed by atoms with Gasteiger partial charge in [0.1, 0.15) is 6.29 Å². The summed E-state index contributed by atoms with van der Waals surface area (Å²) < 4.78 is 16.0. The Hall–Kier alpha value is -2.04. The van der Waals surface area contributed by atoms with E-state index in [2.05, 4.69) is 0 Å². The average molecular weight is 280 g/mol. The molecule has 0 aromatic heterocycles. The van der Waals surface area contributed by atoms with E-state index in [0.29, 0.717) is 36.7 Å². The fourth-order valence-corrected chi connectivity index (χ4v) is 1.65. The standard InChI is InChI=1S/C15H20O5/c1-4-12(15(17)19-6-3)20-13-8-7-11(10-16)9-14(13)18-5-2/h7-10,12H,4-6H2,1-3H3. The largest absolute Gasteiger partial charge is 0.490 e. The van der Waals surface area contributed by atoms with Crippen LogP contribution in [0.3, 0.4) is 0 Å². The first kappa shape index (κ1) is 16.0. The number of hydrogen-bond donors (Lipinski definition) is 0. The van der Waals surface area contributed by atoms with Gasteiger partial charge in [-0.2, -0.15) is 0 Å². The van der Waals surface area contributed by atoms with E-state index >= 15 is 0 Å². The first-order valence-electron chi connectivity index (χ1n) is 6.71. The molecule has 0 radical (unpaired) electrons. The van der Waals surface area contributed by atoms with Crippen molar-refractivity contribution >= 4 is 12.3 Å². The summed E-state index contributed by atoms with van der Waals surface area (Å²) in [6.45, 7) is 6.16. The van der Waals surface area contributed by atoms with Crippen molar-refractivity contribution in [2.45, 2.75) is 33.3 Å². The normalized spacial score (nSPS) is 11.6. The zero-order chi connectivity index (χ0) is 15.0. The summed E-state index contributed by atoms with van der Waals surface area (Å²) >= 11 is 0. The number of rotatable bonds is 8. The van der Waals surface area contributed by atoms with E-state index in [9.17, 15) is 9.59 Å². The van der Waals surface area contributed by atoms with Gasteiger partial charge in [-0.05, 0) is 38.5 Å². The van der Waals surface area contributed by atoms with Crippen LogP contribution < -0.4 is 9.47 Å². The highest BCUT2D eigenvalue weighted by atomic mass is 16.6. The Labute approximate surface area is 118 Å². The molecule has 0 aliphatic carbocycles. The summed E-state index contributed by atoms with van der Waals surface area (Å²) in [5, 5.41) is 0. The molecular weight excluding hydrogens is 260 g/mol. The first-order chi connectivity index (χ1) is 9.65. The molecule has 0 N–H and O–H groups in total. The monoisotopic (exact) mass is 280 g/mol. The van der Waals surface area contributed by atoms with Crippen molar-refractivity contribution in [1.29, 1.82) is 0 Å². The van der Waals surface area contributed by atoms with Crippen molar-refractivity contribution in [2.75, 3.05) is 13.2 Å². The van der Waals surface area contributed by atoms with Gasteiger partial charge in [0.2, 0.25) is 0 Å². The van der Waals surface area contributed by atoms with Gasteiger partial charge in [0.05, 0.1) is 13.2 Å². The van der Waals surface area contributed by atoms with Gasteiger partial charge in [-0.15, -0.1) is 0 Å². The molecule has 0 spiro atoms. The quantitative estimate of drug-likeness (QED) is 0.541. The maximum absolute atomic E-state index is 11.7. The van der Waals surface area contributed by atoms with Gasteiger partial charge in [-0.3, -0.25) is 4.79 Å².